The zero-order valence-electron chi connectivity index (χ0n) is 14.6. The molecule has 1 aromatic carbocycles. The molecule has 2 atom stereocenters. The minimum atomic E-state index is 0.0508. The van der Waals surface area contributed by atoms with Gasteiger partial charge in [-0.2, -0.15) is 0 Å². The molecular weight excluding hydrogens is 288 g/mol. The molecule has 4 heteroatoms. The van der Waals surface area contributed by atoms with Crippen LogP contribution in [0.3, 0.4) is 0 Å². The Balaban J connectivity index is 1.77. The maximum Gasteiger partial charge on any atom is 0.234 e. The highest BCUT2D eigenvalue weighted by atomic mass is 16.5. The van der Waals surface area contributed by atoms with Crippen LogP contribution in [-0.2, 0) is 16.1 Å². The van der Waals surface area contributed by atoms with Crippen LogP contribution < -0.4 is 10.6 Å². The molecule has 1 aliphatic carbocycles. The highest BCUT2D eigenvalue weighted by molar-refractivity contribution is 5.78. The number of hydrogen-bond acceptors (Lipinski definition) is 3. The highest BCUT2D eigenvalue weighted by Crippen LogP contribution is 2.48. The third kappa shape index (κ3) is 4.12. The molecular formula is C19H30N2O2. The van der Waals surface area contributed by atoms with Crippen molar-refractivity contribution in [2.45, 2.75) is 58.7 Å². The van der Waals surface area contributed by atoms with Gasteiger partial charge in [0.2, 0.25) is 5.91 Å². The van der Waals surface area contributed by atoms with Crippen molar-refractivity contribution >= 4 is 5.91 Å². The summed E-state index contributed by atoms with van der Waals surface area (Å²) in [4.78, 5) is 12.1. The number of rotatable bonds is 9. The molecule has 128 valence electrons. The molecule has 0 radical (unpaired) electrons. The predicted octanol–water partition coefficient (Wildman–Crippen LogP) is 2.88. The van der Waals surface area contributed by atoms with Gasteiger partial charge in [0.05, 0.1) is 12.6 Å². The van der Waals surface area contributed by atoms with Crippen LogP contribution in [0, 0.1) is 5.41 Å². The van der Waals surface area contributed by atoms with Crippen LogP contribution in [0.4, 0.5) is 0 Å². The van der Waals surface area contributed by atoms with Crippen LogP contribution in [0.1, 0.15) is 45.6 Å². The first-order valence-electron chi connectivity index (χ1n) is 8.81. The molecule has 2 rings (SSSR count). The largest absolute Gasteiger partial charge is 0.378 e. The summed E-state index contributed by atoms with van der Waals surface area (Å²) in [5.74, 6) is 0.0508. The zero-order valence-corrected chi connectivity index (χ0v) is 14.6. The predicted molar refractivity (Wildman–Crippen MR) is 93.1 cm³/mol. The number of nitrogens with one attached hydrogen (secondary N) is 2. The SMILES string of the molecule is CCO[C@H]1C[C@@H](NCC(=O)NCc2ccccc2)C1(CC)CC. The summed E-state index contributed by atoms with van der Waals surface area (Å²) in [6.07, 6.45) is 3.49. The number of carbonyl (C=O) groups is 1. The fourth-order valence-electron chi connectivity index (χ4n) is 3.74. The molecule has 1 fully saturated rings. The molecule has 0 spiro atoms. The van der Waals surface area contributed by atoms with E-state index in [9.17, 15) is 4.79 Å². The number of ether oxygens (including phenoxy) is 1. The maximum atomic E-state index is 12.1. The van der Waals surface area contributed by atoms with Gasteiger partial charge in [-0.3, -0.25) is 4.79 Å². The number of benzene rings is 1. The molecule has 23 heavy (non-hydrogen) atoms. The summed E-state index contributed by atoms with van der Waals surface area (Å²) in [6.45, 7) is 8.21. The maximum absolute atomic E-state index is 12.1. The molecule has 1 amide bonds. The van der Waals surface area contributed by atoms with Gasteiger partial charge < -0.3 is 15.4 Å². The fourth-order valence-corrected chi connectivity index (χ4v) is 3.74. The van der Waals surface area contributed by atoms with Gasteiger partial charge in [0.1, 0.15) is 0 Å². The lowest BCUT2D eigenvalue weighted by Gasteiger charge is -2.55. The average Bonchev–Trinajstić information content (AvgIpc) is 2.57. The summed E-state index contributed by atoms with van der Waals surface area (Å²) >= 11 is 0. The molecule has 0 heterocycles. The van der Waals surface area contributed by atoms with Crippen molar-refractivity contribution in [3.05, 3.63) is 35.9 Å². The normalized spacial score (nSPS) is 22.4. The summed E-state index contributed by atoms with van der Waals surface area (Å²) in [7, 11) is 0. The molecule has 0 unspecified atom stereocenters. The lowest BCUT2D eigenvalue weighted by atomic mass is 9.58. The topological polar surface area (TPSA) is 50.4 Å². The Kier molecular flexibility index (Phi) is 6.60. The summed E-state index contributed by atoms with van der Waals surface area (Å²) < 4.78 is 5.88. The molecule has 0 aromatic heterocycles. The van der Waals surface area contributed by atoms with Gasteiger partial charge in [-0.1, -0.05) is 44.2 Å². The van der Waals surface area contributed by atoms with Crippen LogP contribution in [0.15, 0.2) is 30.3 Å². The fraction of sp³-hybridized carbons (Fsp3) is 0.632. The van der Waals surface area contributed by atoms with Crippen molar-refractivity contribution in [1.82, 2.24) is 10.6 Å². The van der Waals surface area contributed by atoms with Gasteiger partial charge in [-0.05, 0) is 31.7 Å². The Labute approximate surface area is 140 Å². The number of amides is 1. The molecule has 1 saturated carbocycles. The highest BCUT2D eigenvalue weighted by Gasteiger charge is 2.52. The first-order chi connectivity index (χ1) is 11.2. The van der Waals surface area contributed by atoms with Crippen LogP contribution in [0.2, 0.25) is 0 Å². The molecule has 0 bridgehead atoms. The van der Waals surface area contributed by atoms with E-state index in [2.05, 4.69) is 24.5 Å². The monoisotopic (exact) mass is 318 g/mol. The Morgan fingerprint density at radius 1 is 1.22 bits per heavy atom. The van der Waals surface area contributed by atoms with E-state index >= 15 is 0 Å². The zero-order chi connectivity index (χ0) is 16.7. The van der Waals surface area contributed by atoms with E-state index in [0.29, 0.717) is 25.2 Å². The minimum Gasteiger partial charge on any atom is -0.378 e. The molecule has 4 nitrogen and oxygen atoms in total. The van der Waals surface area contributed by atoms with Gasteiger partial charge in [-0.15, -0.1) is 0 Å². The standard InChI is InChI=1S/C19H30N2O2/c1-4-19(5-2)16(12-17(19)23-6-3)20-14-18(22)21-13-15-10-8-7-9-11-15/h7-11,16-17,20H,4-6,12-14H2,1-3H3,(H,21,22)/t16-,17+/m1/s1. The van der Waals surface area contributed by atoms with Gasteiger partial charge in [0, 0.05) is 24.6 Å². The second-order valence-electron chi connectivity index (χ2n) is 6.32. The van der Waals surface area contributed by atoms with Gasteiger partial charge >= 0.3 is 0 Å². The van der Waals surface area contributed by atoms with Crippen LogP contribution >= 0.6 is 0 Å². The Morgan fingerprint density at radius 3 is 2.52 bits per heavy atom. The molecule has 1 aromatic rings. The van der Waals surface area contributed by atoms with E-state index in [0.717, 1.165) is 31.4 Å². The third-order valence-electron chi connectivity index (χ3n) is 5.31. The second kappa shape index (κ2) is 8.46. The first-order valence-corrected chi connectivity index (χ1v) is 8.81. The van der Waals surface area contributed by atoms with Crippen molar-refractivity contribution in [3.63, 3.8) is 0 Å². The lowest BCUT2D eigenvalue weighted by molar-refractivity contribution is -0.140. The van der Waals surface area contributed by atoms with E-state index in [1.54, 1.807) is 0 Å². The molecule has 2 N–H and O–H groups in total. The van der Waals surface area contributed by atoms with Crippen molar-refractivity contribution in [2.24, 2.45) is 5.41 Å². The van der Waals surface area contributed by atoms with E-state index in [1.165, 1.54) is 0 Å². The van der Waals surface area contributed by atoms with E-state index in [-0.39, 0.29) is 11.3 Å². The molecule has 0 aliphatic heterocycles. The minimum absolute atomic E-state index is 0.0508. The van der Waals surface area contributed by atoms with E-state index in [4.69, 9.17) is 4.74 Å². The van der Waals surface area contributed by atoms with Gasteiger partial charge in [0.15, 0.2) is 0 Å². The summed E-state index contributed by atoms with van der Waals surface area (Å²) in [5.41, 5.74) is 1.30. The van der Waals surface area contributed by atoms with Gasteiger partial charge in [0.25, 0.3) is 0 Å². The molecule has 1 aliphatic rings. The van der Waals surface area contributed by atoms with Gasteiger partial charge in [-0.25, -0.2) is 0 Å². The number of hydrogen-bond donors (Lipinski definition) is 2. The average molecular weight is 318 g/mol. The number of carbonyl (C=O) groups excluding carboxylic acids is 1. The summed E-state index contributed by atoms with van der Waals surface area (Å²) in [5, 5.41) is 6.41. The van der Waals surface area contributed by atoms with E-state index in [1.807, 2.05) is 37.3 Å². The van der Waals surface area contributed by atoms with Crippen molar-refractivity contribution < 1.29 is 9.53 Å². The third-order valence-corrected chi connectivity index (χ3v) is 5.31. The lowest BCUT2D eigenvalue weighted by Crippen LogP contribution is -2.64. The Bertz CT molecular complexity index is 485. The van der Waals surface area contributed by atoms with E-state index < -0.39 is 0 Å². The van der Waals surface area contributed by atoms with Crippen molar-refractivity contribution in [1.29, 1.82) is 0 Å². The Hall–Kier alpha value is -1.39. The smallest absolute Gasteiger partial charge is 0.234 e. The van der Waals surface area contributed by atoms with Crippen molar-refractivity contribution in [2.75, 3.05) is 13.2 Å². The second-order valence-corrected chi connectivity index (χ2v) is 6.32. The van der Waals surface area contributed by atoms with Crippen LogP contribution in [0.5, 0.6) is 0 Å². The Morgan fingerprint density at radius 2 is 1.91 bits per heavy atom. The first kappa shape index (κ1) is 18.0. The van der Waals surface area contributed by atoms with Crippen LogP contribution in [0.25, 0.3) is 0 Å². The van der Waals surface area contributed by atoms with Crippen molar-refractivity contribution in [3.8, 4) is 0 Å². The molecule has 0 saturated heterocycles. The van der Waals surface area contributed by atoms with Crippen LogP contribution in [-0.4, -0.2) is 31.2 Å². The summed E-state index contributed by atoms with van der Waals surface area (Å²) in [6, 6.07) is 10.4. The quantitative estimate of drug-likeness (QED) is 0.736.